The number of anilines is 1. The molecule has 0 bridgehead atoms. The van der Waals surface area contributed by atoms with Gasteiger partial charge in [-0.15, -0.1) is 0 Å². The molecular formula is C23H19Cl2N. The van der Waals surface area contributed by atoms with Crippen molar-refractivity contribution in [3.8, 4) is 11.1 Å². The maximum atomic E-state index is 6.21. The van der Waals surface area contributed by atoms with Gasteiger partial charge in [-0.1, -0.05) is 71.7 Å². The topological polar surface area (TPSA) is 3.24 Å². The quantitative estimate of drug-likeness (QED) is 0.482. The van der Waals surface area contributed by atoms with Crippen molar-refractivity contribution in [2.24, 2.45) is 5.92 Å². The van der Waals surface area contributed by atoms with Crippen molar-refractivity contribution >= 4 is 28.9 Å². The van der Waals surface area contributed by atoms with Crippen LogP contribution in [0.25, 0.3) is 11.1 Å². The molecule has 1 fully saturated rings. The maximum Gasteiger partial charge on any atom is 0.0441 e. The van der Waals surface area contributed by atoms with Gasteiger partial charge in [0, 0.05) is 34.7 Å². The van der Waals surface area contributed by atoms with Gasteiger partial charge in [0.05, 0.1) is 0 Å². The van der Waals surface area contributed by atoms with E-state index >= 15 is 0 Å². The average molecular weight is 380 g/mol. The van der Waals surface area contributed by atoms with Crippen LogP contribution in [0.4, 0.5) is 5.69 Å². The smallest absolute Gasteiger partial charge is 0.0441 e. The summed E-state index contributed by atoms with van der Waals surface area (Å²) in [5.41, 5.74) is 6.88. The Balaban J connectivity index is 1.50. The minimum atomic E-state index is 0.474. The van der Waals surface area contributed by atoms with Gasteiger partial charge >= 0.3 is 0 Å². The molecule has 1 saturated heterocycles. The molecule has 1 aliphatic heterocycles. The number of halogens is 2. The van der Waals surface area contributed by atoms with Gasteiger partial charge < -0.3 is 4.90 Å². The summed E-state index contributed by atoms with van der Waals surface area (Å²) in [6.07, 6.45) is 1.18. The fourth-order valence-corrected chi connectivity index (χ4v) is 5.23. The van der Waals surface area contributed by atoms with E-state index < -0.39 is 0 Å². The Labute approximate surface area is 164 Å². The maximum absolute atomic E-state index is 6.21. The first-order valence-electron chi connectivity index (χ1n) is 9.10. The minimum absolute atomic E-state index is 0.474. The predicted octanol–water partition coefficient (Wildman–Crippen LogP) is 6.63. The largest absolute Gasteiger partial charge is 0.371 e. The number of benzene rings is 3. The molecule has 3 aromatic rings. The number of fused-ring (bicyclic) bond motifs is 3. The second kappa shape index (κ2) is 6.33. The van der Waals surface area contributed by atoms with E-state index in [1.165, 1.54) is 28.7 Å². The lowest BCUT2D eigenvalue weighted by Crippen LogP contribution is -2.22. The van der Waals surface area contributed by atoms with Crippen LogP contribution in [0.3, 0.4) is 0 Å². The molecule has 1 nitrogen and oxygen atoms in total. The van der Waals surface area contributed by atoms with Gasteiger partial charge in [0.2, 0.25) is 0 Å². The molecule has 2 aliphatic rings. The fraction of sp³-hybridized carbons (Fsp3) is 0.217. The van der Waals surface area contributed by atoms with Gasteiger partial charge in [-0.25, -0.2) is 0 Å². The summed E-state index contributed by atoms with van der Waals surface area (Å²) >= 11 is 12.4. The summed E-state index contributed by atoms with van der Waals surface area (Å²) in [6, 6.07) is 23.6. The molecule has 0 spiro atoms. The number of nitrogens with zero attached hydrogens (tertiary/aromatic N) is 1. The first kappa shape index (κ1) is 16.2. The van der Waals surface area contributed by atoms with Crippen molar-refractivity contribution in [2.75, 3.05) is 18.0 Å². The normalized spacial score (nSPS) is 18.8. The van der Waals surface area contributed by atoms with Crippen LogP contribution in [0.2, 0.25) is 10.0 Å². The van der Waals surface area contributed by atoms with Crippen molar-refractivity contribution in [3.63, 3.8) is 0 Å². The molecule has 0 radical (unpaired) electrons. The zero-order chi connectivity index (χ0) is 17.7. The molecule has 0 aromatic heterocycles. The highest BCUT2D eigenvalue weighted by molar-refractivity contribution is 6.35. The summed E-state index contributed by atoms with van der Waals surface area (Å²) in [7, 11) is 0. The molecular weight excluding hydrogens is 361 g/mol. The summed E-state index contributed by atoms with van der Waals surface area (Å²) < 4.78 is 0. The van der Waals surface area contributed by atoms with E-state index in [-0.39, 0.29) is 0 Å². The Morgan fingerprint density at radius 1 is 0.769 bits per heavy atom. The van der Waals surface area contributed by atoms with Crippen LogP contribution >= 0.6 is 23.2 Å². The molecule has 1 aliphatic carbocycles. The van der Waals surface area contributed by atoms with E-state index in [1.54, 1.807) is 6.07 Å². The molecule has 1 unspecified atom stereocenters. The molecule has 1 atom stereocenters. The lowest BCUT2D eigenvalue weighted by atomic mass is 9.83. The van der Waals surface area contributed by atoms with E-state index in [0.717, 1.165) is 18.8 Å². The molecule has 0 N–H and O–H groups in total. The van der Waals surface area contributed by atoms with Gasteiger partial charge in [-0.05, 0) is 52.8 Å². The van der Waals surface area contributed by atoms with E-state index in [0.29, 0.717) is 21.9 Å². The van der Waals surface area contributed by atoms with Crippen molar-refractivity contribution in [3.05, 3.63) is 87.9 Å². The predicted molar refractivity (Wildman–Crippen MR) is 111 cm³/mol. The SMILES string of the molecule is Clc1cc(Cl)cc(N2CCC(C3c4ccccc4-c4ccccc43)C2)c1. The van der Waals surface area contributed by atoms with E-state index in [4.69, 9.17) is 23.2 Å². The van der Waals surface area contributed by atoms with Crippen LogP contribution in [-0.2, 0) is 0 Å². The Morgan fingerprint density at radius 3 is 1.96 bits per heavy atom. The molecule has 5 rings (SSSR count). The first-order chi connectivity index (χ1) is 12.7. The zero-order valence-corrected chi connectivity index (χ0v) is 15.8. The van der Waals surface area contributed by atoms with Crippen LogP contribution in [0.5, 0.6) is 0 Å². The van der Waals surface area contributed by atoms with Crippen LogP contribution in [-0.4, -0.2) is 13.1 Å². The van der Waals surface area contributed by atoms with Crippen molar-refractivity contribution in [2.45, 2.75) is 12.3 Å². The van der Waals surface area contributed by atoms with Gasteiger partial charge in [0.25, 0.3) is 0 Å². The van der Waals surface area contributed by atoms with Crippen molar-refractivity contribution < 1.29 is 0 Å². The van der Waals surface area contributed by atoms with Gasteiger partial charge in [-0.2, -0.15) is 0 Å². The molecule has 1 heterocycles. The van der Waals surface area contributed by atoms with Gasteiger partial charge in [0.15, 0.2) is 0 Å². The standard InChI is InChI=1S/C23H19Cl2N/c24-16-11-17(25)13-18(12-16)26-10-9-15(14-26)23-21-7-3-1-5-19(21)20-6-2-4-8-22(20)23/h1-8,11-13,15,23H,9-10,14H2. The third-order valence-corrected chi connectivity index (χ3v) is 6.23. The van der Waals surface area contributed by atoms with Crippen LogP contribution in [0, 0.1) is 5.92 Å². The summed E-state index contributed by atoms with van der Waals surface area (Å²) in [6.45, 7) is 2.08. The molecule has 130 valence electrons. The Morgan fingerprint density at radius 2 is 1.35 bits per heavy atom. The second-order valence-electron chi connectivity index (χ2n) is 7.27. The Bertz CT molecular complexity index is 916. The monoisotopic (exact) mass is 379 g/mol. The Kier molecular flexibility index (Phi) is 3.95. The van der Waals surface area contributed by atoms with Gasteiger partial charge in [-0.3, -0.25) is 0 Å². The lowest BCUT2D eigenvalue weighted by molar-refractivity contribution is 0.524. The summed E-state index contributed by atoms with van der Waals surface area (Å²) in [4.78, 5) is 2.42. The lowest BCUT2D eigenvalue weighted by Gasteiger charge is -2.23. The summed E-state index contributed by atoms with van der Waals surface area (Å²) in [5, 5.41) is 1.40. The van der Waals surface area contributed by atoms with Gasteiger partial charge in [0.1, 0.15) is 0 Å². The number of hydrogen-bond acceptors (Lipinski definition) is 1. The Hall–Kier alpha value is -1.96. The first-order valence-corrected chi connectivity index (χ1v) is 9.85. The zero-order valence-electron chi connectivity index (χ0n) is 14.3. The summed E-state index contributed by atoms with van der Waals surface area (Å²) in [5.74, 6) is 1.07. The highest BCUT2D eigenvalue weighted by Gasteiger charge is 2.37. The van der Waals surface area contributed by atoms with Crippen LogP contribution in [0.15, 0.2) is 66.7 Å². The van der Waals surface area contributed by atoms with E-state index in [1.807, 2.05) is 12.1 Å². The number of rotatable bonds is 2. The van der Waals surface area contributed by atoms with E-state index in [9.17, 15) is 0 Å². The van der Waals surface area contributed by atoms with Crippen LogP contribution < -0.4 is 4.90 Å². The third-order valence-electron chi connectivity index (χ3n) is 5.79. The third kappa shape index (κ3) is 2.62. The van der Waals surface area contributed by atoms with E-state index in [2.05, 4.69) is 53.4 Å². The number of hydrogen-bond donors (Lipinski definition) is 0. The van der Waals surface area contributed by atoms with Crippen molar-refractivity contribution in [1.82, 2.24) is 0 Å². The molecule has 0 saturated carbocycles. The molecule has 0 amide bonds. The fourth-order valence-electron chi connectivity index (χ4n) is 4.72. The molecule has 26 heavy (non-hydrogen) atoms. The second-order valence-corrected chi connectivity index (χ2v) is 8.15. The van der Waals surface area contributed by atoms with Crippen LogP contribution in [0.1, 0.15) is 23.5 Å². The minimum Gasteiger partial charge on any atom is -0.371 e. The highest BCUT2D eigenvalue weighted by atomic mass is 35.5. The van der Waals surface area contributed by atoms with Crippen molar-refractivity contribution in [1.29, 1.82) is 0 Å². The highest BCUT2D eigenvalue weighted by Crippen LogP contribution is 2.50. The molecule has 3 aromatic carbocycles. The average Bonchev–Trinajstić information content (AvgIpc) is 3.23. The molecule has 3 heteroatoms.